The predicted octanol–water partition coefficient (Wildman–Crippen LogP) is 2.70. The van der Waals surface area contributed by atoms with Gasteiger partial charge in [-0.25, -0.2) is 4.39 Å². The van der Waals surface area contributed by atoms with E-state index in [1.54, 1.807) is 6.07 Å². The van der Waals surface area contributed by atoms with Crippen LogP contribution < -0.4 is 11.1 Å². The summed E-state index contributed by atoms with van der Waals surface area (Å²) in [5.41, 5.74) is 6.71. The van der Waals surface area contributed by atoms with Crippen molar-refractivity contribution < 1.29 is 9.13 Å². The molecular formula is C15H23FN2O. The lowest BCUT2D eigenvalue weighted by molar-refractivity contribution is -0.114. The van der Waals surface area contributed by atoms with Crippen molar-refractivity contribution in [1.29, 1.82) is 0 Å². The van der Waals surface area contributed by atoms with Gasteiger partial charge in [-0.3, -0.25) is 0 Å². The molecule has 1 saturated carbocycles. The average molecular weight is 266 g/mol. The Morgan fingerprint density at radius 2 is 2.21 bits per heavy atom. The predicted molar refractivity (Wildman–Crippen MR) is 75.3 cm³/mol. The van der Waals surface area contributed by atoms with E-state index >= 15 is 0 Å². The zero-order chi connectivity index (χ0) is 14.0. The highest BCUT2D eigenvalue weighted by Gasteiger charge is 2.48. The van der Waals surface area contributed by atoms with Gasteiger partial charge in [0.1, 0.15) is 5.82 Å². The normalized spacial score (nSPS) is 25.1. The van der Waals surface area contributed by atoms with Gasteiger partial charge in [-0.2, -0.15) is 0 Å². The van der Waals surface area contributed by atoms with Gasteiger partial charge >= 0.3 is 0 Å². The first-order valence-electron chi connectivity index (χ1n) is 6.84. The maximum atomic E-state index is 13.3. The van der Waals surface area contributed by atoms with Crippen LogP contribution in [0.2, 0.25) is 0 Å². The summed E-state index contributed by atoms with van der Waals surface area (Å²) < 4.78 is 19.0. The Balaban J connectivity index is 1.88. The molecule has 3 nitrogen and oxygen atoms in total. The van der Waals surface area contributed by atoms with Crippen molar-refractivity contribution in [3.63, 3.8) is 0 Å². The van der Waals surface area contributed by atoms with E-state index in [0.29, 0.717) is 18.7 Å². The smallest absolute Gasteiger partial charge is 0.146 e. The topological polar surface area (TPSA) is 47.3 Å². The fourth-order valence-electron chi connectivity index (χ4n) is 2.64. The van der Waals surface area contributed by atoms with Crippen molar-refractivity contribution in [2.45, 2.75) is 45.9 Å². The van der Waals surface area contributed by atoms with E-state index in [1.165, 1.54) is 6.07 Å². The van der Waals surface area contributed by atoms with Gasteiger partial charge in [0.25, 0.3) is 0 Å². The molecule has 1 aromatic rings. The summed E-state index contributed by atoms with van der Waals surface area (Å²) in [5, 5.41) is 3.47. The molecule has 4 heteroatoms. The number of nitrogens with two attached hydrogens (primary N) is 1. The number of nitrogens with one attached hydrogen (secondary N) is 1. The molecule has 0 bridgehead atoms. The molecule has 2 rings (SSSR count). The van der Waals surface area contributed by atoms with Crippen LogP contribution in [0.4, 0.5) is 10.1 Å². The van der Waals surface area contributed by atoms with E-state index in [9.17, 15) is 4.39 Å². The number of rotatable bonds is 5. The summed E-state index contributed by atoms with van der Waals surface area (Å²) in [6.45, 7) is 7.85. The Kier molecular flexibility index (Phi) is 4.11. The molecular weight excluding hydrogens is 243 g/mol. The summed E-state index contributed by atoms with van der Waals surface area (Å²) in [6, 6.07) is 5.37. The van der Waals surface area contributed by atoms with Crippen LogP contribution in [0, 0.1) is 11.2 Å². The van der Waals surface area contributed by atoms with Crippen molar-refractivity contribution in [2.75, 3.05) is 12.3 Å². The van der Waals surface area contributed by atoms with Crippen LogP contribution in [0.25, 0.3) is 0 Å². The molecule has 3 N–H and O–H groups in total. The number of halogens is 1. The number of anilines is 1. The van der Waals surface area contributed by atoms with Gasteiger partial charge in [-0.05, 0) is 31.0 Å². The highest BCUT2D eigenvalue weighted by atomic mass is 19.1. The molecule has 2 unspecified atom stereocenters. The molecule has 0 aliphatic heterocycles. The Morgan fingerprint density at radius 3 is 2.79 bits per heavy atom. The number of ether oxygens (including phenoxy) is 1. The molecule has 0 saturated heterocycles. The molecule has 19 heavy (non-hydrogen) atoms. The average Bonchev–Trinajstić information content (AvgIpc) is 2.37. The van der Waals surface area contributed by atoms with E-state index in [-0.39, 0.29) is 16.9 Å². The first kappa shape index (κ1) is 14.3. The minimum Gasteiger partial charge on any atom is -0.396 e. The minimum absolute atomic E-state index is 0.127. The number of hydrogen-bond acceptors (Lipinski definition) is 3. The molecule has 1 aliphatic carbocycles. The van der Waals surface area contributed by atoms with Gasteiger partial charge in [0, 0.05) is 24.6 Å². The van der Waals surface area contributed by atoms with E-state index in [4.69, 9.17) is 10.5 Å². The van der Waals surface area contributed by atoms with E-state index in [2.05, 4.69) is 19.2 Å². The highest BCUT2D eigenvalue weighted by Crippen LogP contribution is 2.42. The molecule has 2 atom stereocenters. The van der Waals surface area contributed by atoms with Crippen molar-refractivity contribution in [3.8, 4) is 0 Å². The molecule has 0 amide bonds. The first-order chi connectivity index (χ1) is 8.95. The van der Waals surface area contributed by atoms with Crippen LogP contribution in [0.5, 0.6) is 0 Å². The molecule has 0 aromatic heterocycles. The summed E-state index contributed by atoms with van der Waals surface area (Å²) in [7, 11) is 0. The van der Waals surface area contributed by atoms with Crippen LogP contribution >= 0.6 is 0 Å². The van der Waals surface area contributed by atoms with E-state index in [1.807, 2.05) is 13.0 Å². The molecule has 1 aromatic carbocycles. The number of hydrogen-bond donors (Lipinski definition) is 2. The Morgan fingerprint density at radius 1 is 1.47 bits per heavy atom. The fraction of sp³-hybridized carbons (Fsp3) is 0.600. The van der Waals surface area contributed by atoms with Gasteiger partial charge in [-0.15, -0.1) is 0 Å². The van der Waals surface area contributed by atoms with Crippen LogP contribution in [0.1, 0.15) is 32.8 Å². The summed E-state index contributed by atoms with van der Waals surface area (Å²) in [4.78, 5) is 0. The van der Waals surface area contributed by atoms with Crippen molar-refractivity contribution in [2.24, 2.45) is 5.41 Å². The second-order valence-corrected chi connectivity index (χ2v) is 5.79. The maximum Gasteiger partial charge on any atom is 0.146 e. The maximum absolute atomic E-state index is 13.3. The standard InChI is InChI=1S/C15H23FN2O/c1-4-19-14-8-13(15(14,2)3)18-9-10-5-6-12(17)11(16)7-10/h5-7,13-14,18H,4,8-9,17H2,1-3H3. The van der Waals surface area contributed by atoms with Crippen LogP contribution in [0.15, 0.2) is 18.2 Å². The lowest BCUT2D eigenvalue weighted by Gasteiger charge is -2.52. The third-order valence-electron chi connectivity index (χ3n) is 4.16. The van der Waals surface area contributed by atoms with Crippen molar-refractivity contribution in [1.82, 2.24) is 5.32 Å². The monoisotopic (exact) mass is 266 g/mol. The third kappa shape index (κ3) is 2.90. The Bertz CT molecular complexity index is 448. The largest absolute Gasteiger partial charge is 0.396 e. The van der Waals surface area contributed by atoms with Crippen LogP contribution in [-0.4, -0.2) is 18.8 Å². The second kappa shape index (κ2) is 5.47. The molecule has 0 heterocycles. The van der Waals surface area contributed by atoms with E-state index in [0.717, 1.165) is 18.6 Å². The summed E-state index contributed by atoms with van der Waals surface area (Å²) in [5.74, 6) is -0.348. The second-order valence-electron chi connectivity index (χ2n) is 5.79. The highest BCUT2D eigenvalue weighted by molar-refractivity contribution is 5.41. The van der Waals surface area contributed by atoms with Crippen molar-refractivity contribution in [3.05, 3.63) is 29.6 Å². The SMILES string of the molecule is CCOC1CC(NCc2ccc(N)c(F)c2)C1(C)C. The van der Waals surface area contributed by atoms with Gasteiger partial charge in [0.15, 0.2) is 0 Å². The lowest BCUT2D eigenvalue weighted by Crippen LogP contribution is -2.60. The summed E-state index contributed by atoms with van der Waals surface area (Å²) >= 11 is 0. The summed E-state index contributed by atoms with van der Waals surface area (Å²) in [6.07, 6.45) is 1.33. The van der Waals surface area contributed by atoms with E-state index < -0.39 is 0 Å². The third-order valence-corrected chi connectivity index (χ3v) is 4.16. The van der Waals surface area contributed by atoms with Crippen molar-refractivity contribution >= 4 is 5.69 Å². The Labute approximate surface area is 114 Å². The first-order valence-corrected chi connectivity index (χ1v) is 6.84. The minimum atomic E-state index is -0.348. The molecule has 1 aliphatic rings. The molecule has 0 spiro atoms. The molecule has 0 radical (unpaired) electrons. The zero-order valence-electron chi connectivity index (χ0n) is 11.9. The van der Waals surface area contributed by atoms with Crippen LogP contribution in [0.3, 0.4) is 0 Å². The van der Waals surface area contributed by atoms with Crippen LogP contribution in [-0.2, 0) is 11.3 Å². The lowest BCUT2D eigenvalue weighted by atomic mass is 9.64. The number of nitrogen functional groups attached to an aromatic ring is 1. The number of benzene rings is 1. The van der Waals surface area contributed by atoms with Gasteiger partial charge < -0.3 is 15.8 Å². The van der Waals surface area contributed by atoms with Gasteiger partial charge in [0.05, 0.1) is 11.8 Å². The quantitative estimate of drug-likeness (QED) is 0.806. The van der Waals surface area contributed by atoms with Gasteiger partial charge in [0.2, 0.25) is 0 Å². The van der Waals surface area contributed by atoms with Gasteiger partial charge in [-0.1, -0.05) is 19.9 Å². The molecule has 106 valence electrons. The fourth-order valence-corrected chi connectivity index (χ4v) is 2.64. The molecule has 1 fully saturated rings. The Hall–Kier alpha value is -1.13. The zero-order valence-corrected chi connectivity index (χ0v) is 11.9.